The van der Waals surface area contributed by atoms with Gasteiger partial charge in [0.15, 0.2) is 9.84 Å². The lowest BCUT2D eigenvalue weighted by Crippen LogP contribution is -2.38. The van der Waals surface area contributed by atoms with E-state index < -0.39 is 20.6 Å². The number of aromatic carboxylic acids is 1. The highest BCUT2D eigenvalue weighted by atomic mass is 32.2. The molecule has 0 aromatic carbocycles. The molecule has 1 aromatic rings. The van der Waals surface area contributed by atoms with Gasteiger partial charge in [-0.2, -0.15) is 0 Å². The molecule has 0 spiro atoms. The van der Waals surface area contributed by atoms with Crippen molar-refractivity contribution in [2.45, 2.75) is 18.6 Å². The number of nitrogens with one attached hydrogen (secondary N) is 1. The van der Waals surface area contributed by atoms with Gasteiger partial charge in [-0.3, -0.25) is 0 Å². The van der Waals surface area contributed by atoms with Gasteiger partial charge in [-0.05, 0) is 26.0 Å². The second-order valence-electron chi connectivity index (χ2n) is 4.62. The first-order valence-corrected chi connectivity index (χ1v) is 7.15. The van der Waals surface area contributed by atoms with Crippen LogP contribution in [0.15, 0.2) is 18.3 Å². The largest absolute Gasteiger partial charge is 0.478 e. The highest BCUT2D eigenvalue weighted by Gasteiger charge is 2.29. The van der Waals surface area contributed by atoms with Crippen LogP contribution >= 0.6 is 0 Å². The molecule has 0 saturated heterocycles. The fourth-order valence-electron chi connectivity index (χ4n) is 1.09. The molecule has 1 aromatic heterocycles. The topological polar surface area (TPSA) is 96.4 Å². The molecule has 0 aliphatic rings. The Morgan fingerprint density at radius 1 is 1.50 bits per heavy atom. The Balaban J connectivity index is 2.82. The first kappa shape index (κ1) is 14.4. The second kappa shape index (κ2) is 4.93. The highest BCUT2D eigenvalue weighted by Crippen LogP contribution is 2.16. The molecule has 0 fully saturated rings. The summed E-state index contributed by atoms with van der Waals surface area (Å²) in [6, 6.07) is 2.73. The van der Waals surface area contributed by atoms with E-state index in [4.69, 9.17) is 5.11 Å². The summed E-state index contributed by atoms with van der Waals surface area (Å²) in [5.74, 6) is -0.713. The van der Waals surface area contributed by atoms with E-state index in [1.54, 1.807) is 13.8 Å². The van der Waals surface area contributed by atoms with Crippen molar-refractivity contribution < 1.29 is 18.3 Å². The van der Waals surface area contributed by atoms with Crippen molar-refractivity contribution in [3.63, 3.8) is 0 Å². The number of pyridine rings is 1. The number of aromatic nitrogens is 1. The summed E-state index contributed by atoms with van der Waals surface area (Å²) in [7, 11) is -3.21. The number of carboxylic acid groups (broad SMARTS) is 1. The summed E-state index contributed by atoms with van der Waals surface area (Å²) >= 11 is 0. The predicted molar refractivity (Wildman–Crippen MR) is 68.6 cm³/mol. The maximum Gasteiger partial charge on any atom is 0.335 e. The Labute approximate surface area is 106 Å². The van der Waals surface area contributed by atoms with Crippen molar-refractivity contribution >= 4 is 21.6 Å². The summed E-state index contributed by atoms with van der Waals surface area (Å²) < 4.78 is 22.0. The van der Waals surface area contributed by atoms with Gasteiger partial charge in [0.25, 0.3) is 0 Å². The van der Waals surface area contributed by atoms with E-state index in [-0.39, 0.29) is 12.1 Å². The third-order valence-corrected chi connectivity index (χ3v) is 4.86. The quantitative estimate of drug-likeness (QED) is 0.830. The Bertz CT molecular complexity index is 552. The molecule has 1 rings (SSSR count). The number of carbonyl (C=O) groups is 1. The molecular formula is C11H16N2O4S. The van der Waals surface area contributed by atoms with E-state index in [2.05, 4.69) is 10.3 Å². The van der Waals surface area contributed by atoms with Crippen molar-refractivity contribution in [1.82, 2.24) is 4.98 Å². The number of hydrogen-bond acceptors (Lipinski definition) is 5. The molecule has 2 N–H and O–H groups in total. The summed E-state index contributed by atoms with van der Waals surface area (Å²) in [6.07, 6.45) is 2.52. The van der Waals surface area contributed by atoms with E-state index in [1.165, 1.54) is 18.3 Å². The van der Waals surface area contributed by atoms with Gasteiger partial charge in [-0.15, -0.1) is 0 Å². The van der Waals surface area contributed by atoms with Crippen molar-refractivity contribution in [3.8, 4) is 0 Å². The number of sulfone groups is 1. The third-order valence-electron chi connectivity index (χ3n) is 2.71. The summed E-state index contributed by atoms with van der Waals surface area (Å²) in [5.41, 5.74) is 0.102. The van der Waals surface area contributed by atoms with Crippen molar-refractivity contribution in [2.24, 2.45) is 0 Å². The van der Waals surface area contributed by atoms with Crippen molar-refractivity contribution in [3.05, 3.63) is 23.9 Å². The van der Waals surface area contributed by atoms with Gasteiger partial charge < -0.3 is 10.4 Å². The standard InChI is InChI=1S/C11H16N2O4S/c1-11(2,18(3,16)17)7-13-9-6-8(10(14)15)4-5-12-9/h4-6H,7H2,1-3H3,(H,12,13)(H,14,15). The lowest BCUT2D eigenvalue weighted by atomic mass is 10.2. The van der Waals surface area contributed by atoms with Crippen molar-refractivity contribution in [1.29, 1.82) is 0 Å². The zero-order valence-corrected chi connectivity index (χ0v) is 11.3. The number of nitrogens with zero attached hydrogens (tertiary/aromatic N) is 1. The zero-order valence-electron chi connectivity index (χ0n) is 10.5. The molecule has 0 aliphatic carbocycles. The Morgan fingerprint density at radius 2 is 2.11 bits per heavy atom. The maximum atomic E-state index is 11.5. The lowest BCUT2D eigenvalue weighted by Gasteiger charge is -2.23. The van der Waals surface area contributed by atoms with Crippen LogP contribution in [0.1, 0.15) is 24.2 Å². The third kappa shape index (κ3) is 3.43. The number of rotatable bonds is 5. The van der Waals surface area contributed by atoms with Gasteiger partial charge >= 0.3 is 5.97 Å². The van der Waals surface area contributed by atoms with Gasteiger partial charge in [-0.1, -0.05) is 0 Å². The molecule has 0 aliphatic heterocycles. The van der Waals surface area contributed by atoms with E-state index in [1.807, 2.05) is 0 Å². The molecule has 0 amide bonds. The molecule has 1 heterocycles. The molecule has 0 bridgehead atoms. The van der Waals surface area contributed by atoms with Crippen LogP contribution in [0.4, 0.5) is 5.82 Å². The Kier molecular flexibility index (Phi) is 3.95. The first-order valence-electron chi connectivity index (χ1n) is 5.26. The van der Waals surface area contributed by atoms with Crippen LogP contribution in [-0.2, 0) is 9.84 Å². The fourth-order valence-corrected chi connectivity index (χ4v) is 1.43. The SMILES string of the molecule is CC(C)(CNc1cc(C(=O)O)ccn1)S(C)(=O)=O. The average Bonchev–Trinajstić information content (AvgIpc) is 2.25. The Morgan fingerprint density at radius 3 is 2.61 bits per heavy atom. The van der Waals surface area contributed by atoms with E-state index >= 15 is 0 Å². The van der Waals surface area contributed by atoms with E-state index in [0.717, 1.165) is 6.26 Å². The maximum absolute atomic E-state index is 11.5. The molecule has 100 valence electrons. The van der Waals surface area contributed by atoms with Crippen LogP contribution in [0.25, 0.3) is 0 Å². The van der Waals surface area contributed by atoms with Crippen LogP contribution in [-0.4, -0.2) is 42.0 Å². The van der Waals surface area contributed by atoms with Crippen LogP contribution in [0.5, 0.6) is 0 Å². The molecule has 0 unspecified atom stereocenters. The van der Waals surface area contributed by atoms with Gasteiger partial charge in [0.1, 0.15) is 5.82 Å². The van der Waals surface area contributed by atoms with E-state index in [9.17, 15) is 13.2 Å². The minimum Gasteiger partial charge on any atom is -0.478 e. The zero-order chi connectivity index (χ0) is 14.0. The van der Waals surface area contributed by atoms with Gasteiger partial charge in [0.2, 0.25) is 0 Å². The minimum absolute atomic E-state index is 0.102. The first-order chi connectivity index (χ1) is 8.13. The molecule has 6 nitrogen and oxygen atoms in total. The molecule has 18 heavy (non-hydrogen) atoms. The van der Waals surface area contributed by atoms with Crippen LogP contribution < -0.4 is 5.32 Å². The second-order valence-corrected chi connectivity index (χ2v) is 7.27. The molecule has 0 radical (unpaired) electrons. The summed E-state index contributed by atoms with van der Waals surface area (Å²) in [5, 5.41) is 11.6. The fraction of sp³-hybridized carbons (Fsp3) is 0.455. The minimum atomic E-state index is -3.21. The number of hydrogen-bond donors (Lipinski definition) is 2. The molecular weight excluding hydrogens is 256 g/mol. The summed E-state index contributed by atoms with van der Waals surface area (Å²) in [4.78, 5) is 14.7. The predicted octanol–water partition coefficient (Wildman–Crippen LogP) is 1.01. The highest BCUT2D eigenvalue weighted by molar-refractivity contribution is 7.92. The monoisotopic (exact) mass is 272 g/mol. The normalized spacial score (nSPS) is 12.2. The summed E-state index contributed by atoms with van der Waals surface area (Å²) in [6.45, 7) is 3.34. The van der Waals surface area contributed by atoms with Gasteiger partial charge in [-0.25, -0.2) is 18.2 Å². The Hall–Kier alpha value is -1.63. The lowest BCUT2D eigenvalue weighted by molar-refractivity contribution is 0.0697. The molecule has 0 atom stereocenters. The van der Waals surface area contributed by atoms with Crippen molar-refractivity contribution in [2.75, 3.05) is 18.1 Å². The van der Waals surface area contributed by atoms with Crippen LogP contribution in [0, 0.1) is 0 Å². The van der Waals surface area contributed by atoms with Crippen LogP contribution in [0.2, 0.25) is 0 Å². The van der Waals surface area contributed by atoms with E-state index in [0.29, 0.717) is 5.82 Å². The molecule has 7 heteroatoms. The average molecular weight is 272 g/mol. The molecule has 0 saturated carbocycles. The number of anilines is 1. The number of carboxylic acids is 1. The smallest absolute Gasteiger partial charge is 0.335 e. The van der Waals surface area contributed by atoms with Gasteiger partial charge in [0, 0.05) is 19.0 Å². The van der Waals surface area contributed by atoms with Crippen LogP contribution in [0.3, 0.4) is 0 Å². The van der Waals surface area contributed by atoms with Gasteiger partial charge in [0.05, 0.1) is 10.3 Å².